The summed E-state index contributed by atoms with van der Waals surface area (Å²) in [6.45, 7) is 3.65. The molecule has 0 aliphatic carbocycles. The van der Waals surface area contributed by atoms with Gasteiger partial charge in [-0.3, -0.25) is 4.21 Å². The van der Waals surface area contributed by atoms with Crippen LogP contribution in [-0.2, 0) is 10.8 Å². The zero-order chi connectivity index (χ0) is 9.68. The first kappa shape index (κ1) is 9.99. The van der Waals surface area contributed by atoms with Crippen molar-refractivity contribution in [2.75, 3.05) is 12.2 Å². The molecule has 0 aromatic heterocycles. The van der Waals surface area contributed by atoms with Crippen molar-refractivity contribution < 1.29 is 8.95 Å². The summed E-state index contributed by atoms with van der Waals surface area (Å²) in [5, 5.41) is 0. The van der Waals surface area contributed by atoms with Gasteiger partial charge in [-0.05, 0) is 17.7 Å². The summed E-state index contributed by atoms with van der Waals surface area (Å²) in [5.74, 6) is 0.980. The second-order valence-corrected chi connectivity index (χ2v) is 3.99. The van der Waals surface area contributed by atoms with E-state index >= 15 is 0 Å². The van der Waals surface area contributed by atoms with Crippen molar-refractivity contribution in [2.45, 2.75) is 0 Å². The van der Waals surface area contributed by atoms with Crippen molar-refractivity contribution in [1.29, 1.82) is 0 Å². The molecule has 0 heterocycles. The fraction of sp³-hybridized carbons (Fsp3) is 0.200. The summed E-state index contributed by atoms with van der Waals surface area (Å²) in [7, 11) is -0.916. The Hall–Kier alpha value is -1.09. The van der Waals surface area contributed by atoms with Gasteiger partial charge >= 0.3 is 0 Å². The maximum atomic E-state index is 10.7. The number of ether oxygens (including phenoxy) is 1. The molecule has 0 N–H and O–H groups in total. The molecule has 0 amide bonds. The number of benzene rings is 1. The highest BCUT2D eigenvalue weighted by Gasteiger charge is 1.94. The molecule has 0 fully saturated rings. The number of hydrogen-bond donors (Lipinski definition) is 0. The molecule has 3 heteroatoms. The van der Waals surface area contributed by atoms with Crippen LogP contribution >= 0.6 is 0 Å². The van der Waals surface area contributed by atoms with Gasteiger partial charge in [0.2, 0.25) is 0 Å². The SMILES string of the molecule is C=Cc1ccc(OCS(C)=O)cc1. The van der Waals surface area contributed by atoms with E-state index in [-0.39, 0.29) is 5.94 Å². The van der Waals surface area contributed by atoms with Crippen molar-refractivity contribution in [3.63, 3.8) is 0 Å². The maximum Gasteiger partial charge on any atom is 0.162 e. The van der Waals surface area contributed by atoms with E-state index in [0.717, 1.165) is 11.3 Å². The van der Waals surface area contributed by atoms with Gasteiger partial charge in [0.05, 0.1) is 10.8 Å². The molecular formula is C10H12O2S. The lowest BCUT2D eigenvalue weighted by Gasteiger charge is -2.03. The average Bonchev–Trinajstić information content (AvgIpc) is 2.15. The first-order valence-electron chi connectivity index (χ1n) is 3.87. The smallest absolute Gasteiger partial charge is 0.162 e. The lowest BCUT2D eigenvalue weighted by Crippen LogP contribution is -2.02. The van der Waals surface area contributed by atoms with Crippen LogP contribution in [0.3, 0.4) is 0 Å². The van der Waals surface area contributed by atoms with Crippen molar-refractivity contribution >= 4 is 16.9 Å². The van der Waals surface area contributed by atoms with Gasteiger partial charge in [0.15, 0.2) is 5.94 Å². The highest BCUT2D eigenvalue weighted by molar-refractivity contribution is 7.84. The Morgan fingerprint density at radius 3 is 2.54 bits per heavy atom. The molecule has 13 heavy (non-hydrogen) atoms. The summed E-state index contributed by atoms with van der Waals surface area (Å²) in [6.07, 6.45) is 3.37. The van der Waals surface area contributed by atoms with Crippen LogP contribution in [0, 0.1) is 0 Å². The summed E-state index contributed by atoms with van der Waals surface area (Å²) in [4.78, 5) is 0. The third-order valence-corrected chi connectivity index (χ3v) is 1.96. The average molecular weight is 196 g/mol. The molecule has 1 unspecified atom stereocenters. The fourth-order valence-corrected chi connectivity index (χ4v) is 1.15. The van der Waals surface area contributed by atoms with Crippen LogP contribution in [0.1, 0.15) is 5.56 Å². The Morgan fingerprint density at radius 2 is 2.08 bits per heavy atom. The van der Waals surface area contributed by atoms with Gasteiger partial charge in [0, 0.05) is 6.26 Å². The van der Waals surface area contributed by atoms with Crippen LogP contribution < -0.4 is 4.74 Å². The highest BCUT2D eigenvalue weighted by Crippen LogP contribution is 2.12. The van der Waals surface area contributed by atoms with Gasteiger partial charge in [-0.15, -0.1) is 0 Å². The Bertz CT molecular complexity index is 303. The third kappa shape index (κ3) is 3.42. The van der Waals surface area contributed by atoms with E-state index in [4.69, 9.17) is 4.74 Å². The molecule has 0 saturated carbocycles. The zero-order valence-corrected chi connectivity index (χ0v) is 8.34. The van der Waals surface area contributed by atoms with Gasteiger partial charge in [-0.1, -0.05) is 24.8 Å². The van der Waals surface area contributed by atoms with Crippen molar-refractivity contribution in [1.82, 2.24) is 0 Å². The lowest BCUT2D eigenvalue weighted by atomic mass is 10.2. The van der Waals surface area contributed by atoms with Crippen LogP contribution in [0.5, 0.6) is 5.75 Å². The largest absolute Gasteiger partial charge is 0.480 e. The molecule has 0 spiro atoms. The van der Waals surface area contributed by atoms with Crippen molar-refractivity contribution in [2.24, 2.45) is 0 Å². The standard InChI is InChI=1S/C10H12O2S/c1-3-9-4-6-10(7-5-9)12-8-13(2)11/h3-7H,1,8H2,2H3. The van der Waals surface area contributed by atoms with Gasteiger partial charge in [0.1, 0.15) is 5.75 Å². The second kappa shape index (κ2) is 4.82. The van der Waals surface area contributed by atoms with Gasteiger partial charge in [-0.25, -0.2) is 0 Å². The van der Waals surface area contributed by atoms with Crippen LogP contribution in [0.4, 0.5) is 0 Å². The van der Waals surface area contributed by atoms with E-state index in [0.29, 0.717) is 0 Å². The van der Waals surface area contributed by atoms with Crippen LogP contribution in [0.25, 0.3) is 6.08 Å². The van der Waals surface area contributed by atoms with Crippen LogP contribution in [0.2, 0.25) is 0 Å². The molecule has 0 saturated heterocycles. The summed E-state index contributed by atoms with van der Waals surface area (Å²) in [6, 6.07) is 7.48. The molecule has 0 aliphatic heterocycles. The van der Waals surface area contributed by atoms with E-state index in [1.54, 1.807) is 12.3 Å². The highest BCUT2D eigenvalue weighted by atomic mass is 32.2. The van der Waals surface area contributed by atoms with Crippen molar-refractivity contribution in [3.8, 4) is 5.75 Å². The Kier molecular flexibility index (Phi) is 3.71. The van der Waals surface area contributed by atoms with Gasteiger partial charge in [0.25, 0.3) is 0 Å². The van der Waals surface area contributed by atoms with E-state index in [9.17, 15) is 4.21 Å². The topological polar surface area (TPSA) is 26.3 Å². The minimum absolute atomic E-state index is 0.243. The quantitative estimate of drug-likeness (QED) is 0.736. The summed E-state index contributed by atoms with van der Waals surface area (Å²) >= 11 is 0. The monoisotopic (exact) mass is 196 g/mol. The van der Waals surface area contributed by atoms with E-state index < -0.39 is 10.8 Å². The first-order valence-corrected chi connectivity index (χ1v) is 5.60. The Morgan fingerprint density at radius 1 is 1.46 bits per heavy atom. The molecule has 0 radical (unpaired) electrons. The van der Waals surface area contributed by atoms with Gasteiger partial charge < -0.3 is 4.74 Å². The normalized spacial score (nSPS) is 12.1. The number of rotatable bonds is 4. The molecule has 1 atom stereocenters. The van der Waals surface area contributed by atoms with Crippen molar-refractivity contribution in [3.05, 3.63) is 36.4 Å². The predicted octanol–water partition coefficient (Wildman–Crippen LogP) is 2.04. The van der Waals surface area contributed by atoms with E-state index in [1.165, 1.54) is 0 Å². The van der Waals surface area contributed by atoms with Crippen LogP contribution in [0.15, 0.2) is 30.8 Å². The molecule has 1 aromatic carbocycles. The fourth-order valence-electron chi connectivity index (χ4n) is 0.851. The Labute approximate surface area is 80.7 Å². The molecule has 1 aromatic rings. The minimum Gasteiger partial charge on any atom is -0.480 e. The zero-order valence-electron chi connectivity index (χ0n) is 7.53. The Balaban J connectivity index is 2.59. The van der Waals surface area contributed by atoms with E-state index in [2.05, 4.69) is 6.58 Å². The first-order chi connectivity index (χ1) is 6.22. The van der Waals surface area contributed by atoms with E-state index in [1.807, 2.05) is 24.3 Å². The molecule has 0 bridgehead atoms. The molecule has 0 aliphatic rings. The maximum absolute atomic E-state index is 10.7. The van der Waals surface area contributed by atoms with Gasteiger partial charge in [-0.2, -0.15) is 0 Å². The molecule has 2 nitrogen and oxygen atoms in total. The summed E-state index contributed by atoms with van der Waals surface area (Å²) in [5.41, 5.74) is 1.05. The lowest BCUT2D eigenvalue weighted by molar-refractivity contribution is 0.387. The minimum atomic E-state index is -0.916. The third-order valence-electron chi connectivity index (χ3n) is 1.51. The predicted molar refractivity (Wildman–Crippen MR) is 56.1 cm³/mol. The molecular weight excluding hydrogens is 184 g/mol. The summed E-state index contributed by atoms with van der Waals surface area (Å²) < 4.78 is 15.9. The second-order valence-electron chi connectivity index (χ2n) is 2.61. The molecule has 1 rings (SSSR count). The molecule has 70 valence electrons. The van der Waals surface area contributed by atoms with Crippen LogP contribution in [-0.4, -0.2) is 16.4 Å². The number of hydrogen-bond acceptors (Lipinski definition) is 2.